The molecule has 1 amide bonds. The third-order valence-electron chi connectivity index (χ3n) is 2.55. The van der Waals surface area contributed by atoms with E-state index in [1.807, 2.05) is 13.8 Å². The molecule has 0 aliphatic carbocycles. The second-order valence-corrected chi connectivity index (χ2v) is 4.27. The van der Waals surface area contributed by atoms with Crippen LogP contribution in [0.25, 0.3) is 0 Å². The number of amides is 1. The summed E-state index contributed by atoms with van der Waals surface area (Å²) in [6, 6.07) is 5.81. The minimum Gasteiger partial charge on any atom is -0.478 e. The van der Waals surface area contributed by atoms with Crippen molar-refractivity contribution in [2.45, 2.75) is 26.4 Å². The molecule has 0 saturated carbocycles. The number of hydrogen-bond donors (Lipinski definition) is 2. The average molecular weight is 265 g/mol. The van der Waals surface area contributed by atoms with Crippen molar-refractivity contribution in [1.82, 2.24) is 5.32 Å². The summed E-state index contributed by atoms with van der Waals surface area (Å²) >= 11 is 0. The number of ether oxygens (including phenoxy) is 1. The molecule has 1 aromatic rings. The Balaban J connectivity index is 2.47. The maximum absolute atomic E-state index is 11.8. The van der Waals surface area contributed by atoms with Gasteiger partial charge in [-0.2, -0.15) is 0 Å². The second kappa shape index (κ2) is 7.53. The van der Waals surface area contributed by atoms with Gasteiger partial charge in [0.2, 0.25) is 0 Å². The maximum atomic E-state index is 11.8. The normalized spacial score (nSPS) is 11.9. The molecule has 0 saturated heterocycles. The zero-order valence-corrected chi connectivity index (χ0v) is 11.2. The van der Waals surface area contributed by atoms with Crippen LogP contribution in [0.15, 0.2) is 24.3 Å². The van der Waals surface area contributed by atoms with Gasteiger partial charge in [-0.25, -0.2) is 4.79 Å². The predicted octanol–water partition coefficient (Wildman–Crippen LogP) is 1.93. The highest BCUT2D eigenvalue weighted by atomic mass is 16.5. The number of carboxylic acid groups (broad SMARTS) is 1. The van der Waals surface area contributed by atoms with Crippen molar-refractivity contribution in [3.05, 3.63) is 35.4 Å². The predicted molar refractivity (Wildman–Crippen MR) is 71.4 cm³/mol. The molecule has 1 rings (SSSR count). The Hall–Kier alpha value is -1.88. The van der Waals surface area contributed by atoms with Gasteiger partial charge in [-0.15, -0.1) is 0 Å². The maximum Gasteiger partial charge on any atom is 0.335 e. The Bertz CT molecular complexity index is 428. The summed E-state index contributed by atoms with van der Waals surface area (Å²) in [7, 11) is 0. The van der Waals surface area contributed by atoms with Crippen molar-refractivity contribution in [3.63, 3.8) is 0 Å². The molecular weight excluding hydrogens is 246 g/mol. The molecule has 0 heterocycles. The molecule has 0 fully saturated rings. The number of aromatic carboxylic acids is 1. The molecule has 0 spiro atoms. The Morgan fingerprint density at radius 1 is 1.26 bits per heavy atom. The fourth-order valence-corrected chi connectivity index (χ4v) is 1.48. The first kappa shape index (κ1) is 15.2. The molecule has 5 heteroatoms. The summed E-state index contributed by atoms with van der Waals surface area (Å²) in [6.45, 7) is 5.02. The Labute approximate surface area is 112 Å². The van der Waals surface area contributed by atoms with Crippen molar-refractivity contribution < 1.29 is 19.4 Å². The smallest absolute Gasteiger partial charge is 0.335 e. The average Bonchev–Trinajstić information content (AvgIpc) is 2.42. The van der Waals surface area contributed by atoms with Crippen LogP contribution in [0.1, 0.15) is 41.0 Å². The minimum absolute atomic E-state index is 0.0396. The number of carbonyl (C=O) groups excluding carboxylic acids is 1. The van der Waals surface area contributed by atoms with Crippen molar-refractivity contribution in [2.24, 2.45) is 0 Å². The monoisotopic (exact) mass is 265 g/mol. The molecule has 2 N–H and O–H groups in total. The molecule has 0 bridgehead atoms. The third kappa shape index (κ3) is 5.09. The van der Waals surface area contributed by atoms with Crippen molar-refractivity contribution in [2.75, 3.05) is 13.2 Å². The van der Waals surface area contributed by atoms with Crippen LogP contribution in [0, 0.1) is 0 Å². The first-order chi connectivity index (χ1) is 9.04. The van der Waals surface area contributed by atoms with Crippen LogP contribution in [-0.2, 0) is 4.74 Å². The highest BCUT2D eigenvalue weighted by molar-refractivity contribution is 5.95. The molecule has 0 radical (unpaired) electrons. The van der Waals surface area contributed by atoms with Gasteiger partial charge in [-0.1, -0.05) is 6.92 Å². The van der Waals surface area contributed by atoms with Gasteiger partial charge >= 0.3 is 5.97 Å². The van der Waals surface area contributed by atoms with Crippen LogP contribution >= 0.6 is 0 Å². The zero-order chi connectivity index (χ0) is 14.3. The quantitative estimate of drug-likeness (QED) is 0.790. The molecule has 1 aromatic carbocycles. The lowest BCUT2D eigenvalue weighted by Crippen LogP contribution is -2.32. The third-order valence-corrected chi connectivity index (χ3v) is 2.55. The van der Waals surface area contributed by atoms with Crippen LogP contribution < -0.4 is 5.32 Å². The van der Waals surface area contributed by atoms with Gasteiger partial charge in [0.1, 0.15) is 0 Å². The van der Waals surface area contributed by atoms with Gasteiger partial charge in [-0.3, -0.25) is 4.79 Å². The van der Waals surface area contributed by atoms with E-state index in [1.165, 1.54) is 24.3 Å². The van der Waals surface area contributed by atoms with Gasteiger partial charge < -0.3 is 15.2 Å². The van der Waals surface area contributed by atoms with E-state index in [9.17, 15) is 9.59 Å². The number of carboxylic acids is 1. The standard InChI is InChI=1S/C14H19NO4/c1-3-8-19-10(2)9-15-13(16)11-4-6-12(7-5-11)14(17)18/h4-7,10H,3,8-9H2,1-2H3,(H,15,16)(H,17,18). The Morgan fingerprint density at radius 2 is 1.84 bits per heavy atom. The summed E-state index contributed by atoms with van der Waals surface area (Å²) < 4.78 is 5.44. The van der Waals surface area contributed by atoms with E-state index in [1.54, 1.807) is 0 Å². The Kier molecular flexibility index (Phi) is 6.02. The number of rotatable bonds is 7. The molecule has 1 unspecified atom stereocenters. The van der Waals surface area contributed by atoms with E-state index in [0.29, 0.717) is 18.7 Å². The van der Waals surface area contributed by atoms with E-state index >= 15 is 0 Å². The zero-order valence-electron chi connectivity index (χ0n) is 11.2. The summed E-state index contributed by atoms with van der Waals surface area (Å²) in [5.41, 5.74) is 0.601. The minimum atomic E-state index is -1.01. The molecule has 1 atom stereocenters. The van der Waals surface area contributed by atoms with E-state index < -0.39 is 5.97 Å². The van der Waals surface area contributed by atoms with Crippen LogP contribution in [0.5, 0.6) is 0 Å². The van der Waals surface area contributed by atoms with Gasteiger partial charge in [0.05, 0.1) is 11.7 Å². The fourth-order valence-electron chi connectivity index (χ4n) is 1.48. The molecular formula is C14H19NO4. The van der Waals surface area contributed by atoms with Crippen LogP contribution in [-0.4, -0.2) is 36.2 Å². The van der Waals surface area contributed by atoms with Crippen molar-refractivity contribution in [1.29, 1.82) is 0 Å². The molecule has 5 nitrogen and oxygen atoms in total. The first-order valence-corrected chi connectivity index (χ1v) is 6.27. The van der Waals surface area contributed by atoms with Crippen molar-refractivity contribution >= 4 is 11.9 Å². The summed E-state index contributed by atoms with van der Waals surface area (Å²) in [5.74, 6) is -1.24. The molecule has 0 aliphatic heterocycles. The molecule has 0 aliphatic rings. The molecule has 19 heavy (non-hydrogen) atoms. The van der Waals surface area contributed by atoms with Crippen LogP contribution in [0.3, 0.4) is 0 Å². The van der Waals surface area contributed by atoms with Crippen molar-refractivity contribution in [3.8, 4) is 0 Å². The summed E-state index contributed by atoms with van der Waals surface area (Å²) in [4.78, 5) is 22.5. The van der Waals surface area contributed by atoms with Crippen LogP contribution in [0.4, 0.5) is 0 Å². The van der Waals surface area contributed by atoms with Gasteiger partial charge in [0.15, 0.2) is 0 Å². The van der Waals surface area contributed by atoms with Gasteiger partial charge in [0.25, 0.3) is 5.91 Å². The number of carbonyl (C=O) groups is 2. The highest BCUT2D eigenvalue weighted by Gasteiger charge is 2.09. The van der Waals surface area contributed by atoms with E-state index in [0.717, 1.165) is 6.42 Å². The van der Waals surface area contributed by atoms with Gasteiger partial charge in [-0.05, 0) is 37.6 Å². The second-order valence-electron chi connectivity index (χ2n) is 4.27. The highest BCUT2D eigenvalue weighted by Crippen LogP contribution is 2.04. The first-order valence-electron chi connectivity index (χ1n) is 6.27. The summed E-state index contributed by atoms with van der Waals surface area (Å²) in [5, 5.41) is 11.5. The number of benzene rings is 1. The lowest BCUT2D eigenvalue weighted by atomic mass is 10.1. The van der Waals surface area contributed by atoms with Gasteiger partial charge in [0, 0.05) is 18.7 Å². The largest absolute Gasteiger partial charge is 0.478 e. The number of nitrogens with one attached hydrogen (secondary N) is 1. The lowest BCUT2D eigenvalue weighted by molar-refractivity contribution is 0.0622. The van der Waals surface area contributed by atoms with Crippen LogP contribution in [0.2, 0.25) is 0 Å². The Morgan fingerprint density at radius 3 is 2.37 bits per heavy atom. The molecule has 0 aromatic heterocycles. The van der Waals surface area contributed by atoms with E-state index in [2.05, 4.69) is 5.32 Å². The number of hydrogen-bond acceptors (Lipinski definition) is 3. The summed E-state index contributed by atoms with van der Waals surface area (Å²) in [6.07, 6.45) is 0.900. The van der Waals surface area contributed by atoms with E-state index in [4.69, 9.17) is 9.84 Å². The molecule has 104 valence electrons. The van der Waals surface area contributed by atoms with E-state index in [-0.39, 0.29) is 17.6 Å². The fraction of sp³-hybridized carbons (Fsp3) is 0.429. The topological polar surface area (TPSA) is 75.6 Å². The SMILES string of the molecule is CCCOC(C)CNC(=O)c1ccc(C(=O)O)cc1. The lowest BCUT2D eigenvalue weighted by Gasteiger charge is -2.13.